The van der Waals surface area contributed by atoms with Gasteiger partial charge in [0, 0.05) is 22.8 Å². The fourth-order valence-electron chi connectivity index (χ4n) is 3.21. The molecule has 33 heavy (non-hydrogen) atoms. The minimum Gasteiger partial charge on any atom is -0.484 e. The van der Waals surface area contributed by atoms with E-state index in [1.54, 1.807) is 24.3 Å². The molecule has 0 bridgehead atoms. The van der Waals surface area contributed by atoms with E-state index in [0.717, 1.165) is 17.8 Å². The molecule has 1 N–H and O–H groups in total. The lowest BCUT2D eigenvalue weighted by atomic mass is 10.0. The molecule has 0 unspecified atom stereocenters. The Labute approximate surface area is 191 Å². The molecule has 1 saturated heterocycles. The Morgan fingerprint density at radius 1 is 1.18 bits per heavy atom. The number of rotatable bonds is 6. The van der Waals surface area contributed by atoms with E-state index in [-0.39, 0.29) is 18.4 Å². The van der Waals surface area contributed by atoms with Crippen LogP contribution in [-0.2, 0) is 15.7 Å². The minimum atomic E-state index is -4.59. The van der Waals surface area contributed by atoms with Crippen molar-refractivity contribution in [3.05, 3.63) is 59.2 Å². The lowest BCUT2D eigenvalue weighted by Gasteiger charge is -2.27. The maximum Gasteiger partial charge on any atom is 0.433 e. The van der Waals surface area contributed by atoms with Gasteiger partial charge in [0.15, 0.2) is 6.61 Å². The SMILES string of the molecule is O=C(COc1ccnc(C(F)(F)F)c1)N[C@H]1CC[C@@H](c2nnc(-c3ccc(Cl)cc3)o2)OC1. The first-order chi connectivity index (χ1) is 15.8. The van der Waals surface area contributed by atoms with Gasteiger partial charge in [-0.2, -0.15) is 13.2 Å². The second-order valence-corrected chi connectivity index (χ2v) is 7.72. The number of halogens is 4. The molecule has 3 aromatic rings. The van der Waals surface area contributed by atoms with Gasteiger partial charge in [0.1, 0.15) is 17.5 Å². The molecule has 174 valence electrons. The fraction of sp³-hybridized carbons (Fsp3) is 0.333. The molecule has 1 amide bonds. The first kappa shape index (κ1) is 23.0. The molecule has 1 fully saturated rings. The summed E-state index contributed by atoms with van der Waals surface area (Å²) in [6, 6.07) is 8.69. The number of hydrogen-bond acceptors (Lipinski definition) is 7. The third-order valence-corrected chi connectivity index (χ3v) is 5.09. The maximum atomic E-state index is 12.7. The summed E-state index contributed by atoms with van der Waals surface area (Å²) >= 11 is 5.88. The molecule has 0 radical (unpaired) electrons. The Hall–Kier alpha value is -3.18. The standard InChI is InChI=1S/C21H18ClF3N4O4/c22-13-3-1-12(2-4-13)19-28-29-20(33-19)16-6-5-14(10-32-16)27-18(30)11-31-15-7-8-26-17(9-15)21(23,24)25/h1-4,7-9,14,16H,5-6,10-11H2,(H,27,30)/t14-,16-/m0/s1. The largest absolute Gasteiger partial charge is 0.484 e. The molecule has 1 aliphatic rings. The van der Waals surface area contributed by atoms with Crippen molar-refractivity contribution in [3.8, 4) is 17.2 Å². The van der Waals surface area contributed by atoms with Gasteiger partial charge >= 0.3 is 6.18 Å². The van der Waals surface area contributed by atoms with Crippen molar-refractivity contribution in [1.29, 1.82) is 0 Å². The number of benzene rings is 1. The van der Waals surface area contributed by atoms with Crippen LogP contribution in [0.4, 0.5) is 13.2 Å². The van der Waals surface area contributed by atoms with Gasteiger partial charge in [0.05, 0.1) is 12.6 Å². The number of carbonyl (C=O) groups excluding carboxylic acids is 1. The van der Waals surface area contributed by atoms with Crippen LogP contribution in [0.15, 0.2) is 47.0 Å². The summed E-state index contributed by atoms with van der Waals surface area (Å²) in [5.41, 5.74) is -0.358. The Balaban J connectivity index is 1.24. The maximum absolute atomic E-state index is 12.7. The molecular weight excluding hydrogens is 465 g/mol. The predicted octanol–water partition coefficient (Wildman–Crippen LogP) is 4.22. The number of ether oxygens (including phenoxy) is 2. The lowest BCUT2D eigenvalue weighted by molar-refractivity contribution is -0.141. The van der Waals surface area contributed by atoms with E-state index in [9.17, 15) is 18.0 Å². The number of pyridine rings is 1. The highest BCUT2D eigenvalue weighted by Crippen LogP contribution is 2.30. The average molecular weight is 483 g/mol. The molecule has 12 heteroatoms. The number of amides is 1. The molecule has 0 spiro atoms. The number of alkyl halides is 3. The zero-order valence-corrected chi connectivity index (χ0v) is 17.8. The summed E-state index contributed by atoms with van der Waals surface area (Å²) in [7, 11) is 0. The topological polar surface area (TPSA) is 99.4 Å². The van der Waals surface area contributed by atoms with Crippen LogP contribution in [0.25, 0.3) is 11.5 Å². The molecule has 2 atom stereocenters. The summed E-state index contributed by atoms with van der Waals surface area (Å²) in [4.78, 5) is 15.4. The molecule has 0 saturated carbocycles. The van der Waals surface area contributed by atoms with Crippen LogP contribution in [0, 0.1) is 0 Å². The van der Waals surface area contributed by atoms with Gasteiger partial charge < -0.3 is 19.2 Å². The van der Waals surface area contributed by atoms with Crippen molar-refractivity contribution in [2.75, 3.05) is 13.2 Å². The Kier molecular flexibility index (Phi) is 6.80. The van der Waals surface area contributed by atoms with Gasteiger partial charge in [-0.1, -0.05) is 11.6 Å². The van der Waals surface area contributed by atoms with Crippen molar-refractivity contribution in [2.45, 2.75) is 31.2 Å². The molecule has 3 heterocycles. The highest BCUT2D eigenvalue weighted by molar-refractivity contribution is 6.30. The summed E-state index contributed by atoms with van der Waals surface area (Å²) in [6.07, 6.45) is -2.90. The summed E-state index contributed by atoms with van der Waals surface area (Å²) in [5.74, 6) is 0.115. The molecular formula is C21H18ClF3N4O4. The Bertz CT molecular complexity index is 1100. The van der Waals surface area contributed by atoms with Crippen LogP contribution in [0.3, 0.4) is 0 Å². The number of nitrogens with zero attached hydrogens (tertiary/aromatic N) is 3. The molecule has 1 aromatic carbocycles. The van der Waals surface area contributed by atoms with Gasteiger partial charge in [-0.25, -0.2) is 0 Å². The van der Waals surface area contributed by atoms with Crippen LogP contribution < -0.4 is 10.1 Å². The highest BCUT2D eigenvalue weighted by atomic mass is 35.5. The van der Waals surface area contributed by atoms with Crippen molar-refractivity contribution in [1.82, 2.24) is 20.5 Å². The number of nitrogens with one attached hydrogen (secondary N) is 1. The third-order valence-electron chi connectivity index (χ3n) is 4.84. The molecule has 4 rings (SSSR count). The van der Waals surface area contributed by atoms with Gasteiger partial charge in [-0.3, -0.25) is 9.78 Å². The van der Waals surface area contributed by atoms with Crippen LogP contribution in [0.2, 0.25) is 5.02 Å². The highest BCUT2D eigenvalue weighted by Gasteiger charge is 2.33. The van der Waals surface area contributed by atoms with Gasteiger partial charge in [-0.15, -0.1) is 10.2 Å². The summed E-state index contributed by atoms with van der Waals surface area (Å²) in [5, 5.41) is 11.4. The predicted molar refractivity (Wildman–Crippen MR) is 109 cm³/mol. The molecule has 0 aliphatic carbocycles. The summed E-state index contributed by atoms with van der Waals surface area (Å²) < 4.78 is 54.7. The van der Waals surface area contributed by atoms with Crippen molar-refractivity contribution >= 4 is 17.5 Å². The lowest BCUT2D eigenvalue weighted by Crippen LogP contribution is -2.43. The van der Waals surface area contributed by atoms with E-state index in [2.05, 4.69) is 20.5 Å². The second-order valence-electron chi connectivity index (χ2n) is 7.28. The van der Waals surface area contributed by atoms with E-state index in [0.29, 0.717) is 29.6 Å². The van der Waals surface area contributed by atoms with Crippen LogP contribution in [0.5, 0.6) is 5.75 Å². The van der Waals surface area contributed by atoms with E-state index < -0.39 is 30.5 Å². The van der Waals surface area contributed by atoms with Crippen molar-refractivity contribution in [3.63, 3.8) is 0 Å². The van der Waals surface area contributed by atoms with E-state index in [1.807, 2.05) is 0 Å². The first-order valence-electron chi connectivity index (χ1n) is 9.94. The molecule has 1 aliphatic heterocycles. The van der Waals surface area contributed by atoms with E-state index >= 15 is 0 Å². The van der Waals surface area contributed by atoms with E-state index in [4.69, 9.17) is 25.5 Å². The first-order valence-corrected chi connectivity index (χ1v) is 10.3. The zero-order valence-electron chi connectivity index (χ0n) is 17.0. The van der Waals surface area contributed by atoms with Gasteiger partial charge in [-0.05, 0) is 43.2 Å². The number of aromatic nitrogens is 3. The normalized spacial score (nSPS) is 18.7. The smallest absolute Gasteiger partial charge is 0.433 e. The second kappa shape index (κ2) is 9.75. The Morgan fingerprint density at radius 2 is 1.97 bits per heavy atom. The van der Waals surface area contributed by atoms with Crippen molar-refractivity contribution in [2.24, 2.45) is 0 Å². The van der Waals surface area contributed by atoms with Crippen LogP contribution in [0.1, 0.15) is 30.5 Å². The zero-order chi connectivity index (χ0) is 23.4. The number of hydrogen-bond donors (Lipinski definition) is 1. The molecule has 2 aromatic heterocycles. The quantitative estimate of drug-likeness (QED) is 0.561. The van der Waals surface area contributed by atoms with E-state index in [1.165, 1.54) is 6.07 Å². The third kappa shape index (κ3) is 5.99. The summed E-state index contributed by atoms with van der Waals surface area (Å²) in [6.45, 7) is -0.224. The average Bonchev–Trinajstić information content (AvgIpc) is 3.29. The van der Waals surface area contributed by atoms with Crippen molar-refractivity contribution < 1.29 is 31.9 Å². The fourth-order valence-corrected chi connectivity index (χ4v) is 3.33. The monoisotopic (exact) mass is 482 g/mol. The van der Waals surface area contributed by atoms with Crippen LogP contribution in [-0.4, -0.2) is 40.3 Å². The van der Waals surface area contributed by atoms with Crippen LogP contribution >= 0.6 is 11.6 Å². The number of carbonyl (C=O) groups is 1. The van der Waals surface area contributed by atoms with Gasteiger partial charge in [0.2, 0.25) is 11.8 Å². The molecule has 8 nitrogen and oxygen atoms in total. The Morgan fingerprint density at radius 3 is 2.67 bits per heavy atom. The van der Waals surface area contributed by atoms with Gasteiger partial charge in [0.25, 0.3) is 5.91 Å². The minimum absolute atomic E-state index is 0.0969.